The van der Waals surface area contributed by atoms with Crippen LogP contribution in [0.25, 0.3) is 5.69 Å². The lowest BCUT2D eigenvalue weighted by Gasteiger charge is -2.17. The minimum absolute atomic E-state index is 0.00539. The molecule has 4 aromatic rings. The third kappa shape index (κ3) is 6.44. The van der Waals surface area contributed by atoms with Gasteiger partial charge in [0, 0.05) is 22.9 Å². The Kier molecular flexibility index (Phi) is 8.27. The number of halogens is 1. The minimum atomic E-state index is -4.17. The summed E-state index contributed by atoms with van der Waals surface area (Å²) in [5.74, 6) is -2.42. The van der Waals surface area contributed by atoms with E-state index in [9.17, 15) is 27.5 Å². The number of carboxylic acids is 1. The van der Waals surface area contributed by atoms with Crippen molar-refractivity contribution in [3.8, 4) is 17.3 Å². The van der Waals surface area contributed by atoms with Crippen molar-refractivity contribution in [1.29, 1.82) is 0 Å². The Balaban J connectivity index is 1.80. The number of carbonyl (C=O) groups excluding carboxylic acids is 1. The number of rotatable bonds is 9. The number of ether oxygens (including phenoxy) is 1. The molecule has 0 fully saturated rings. The molecule has 0 bridgehead atoms. The maximum atomic E-state index is 13.7. The number of carboxylic acid groups (broad SMARTS) is 1. The normalized spacial score (nSPS) is 11.5. The molecule has 214 valence electrons. The molecule has 4 rings (SSSR count). The van der Waals surface area contributed by atoms with Crippen LogP contribution in [0.2, 0.25) is 0 Å². The molecule has 10 nitrogen and oxygen atoms in total. The molecule has 1 aromatic heterocycles. The van der Waals surface area contributed by atoms with Crippen molar-refractivity contribution in [3.63, 3.8) is 0 Å². The summed E-state index contributed by atoms with van der Waals surface area (Å²) in [4.78, 5) is 24.4. The van der Waals surface area contributed by atoms with Gasteiger partial charge in [-0.15, -0.1) is 0 Å². The first kappa shape index (κ1) is 29.4. The van der Waals surface area contributed by atoms with Gasteiger partial charge in [0.05, 0.1) is 5.69 Å². The van der Waals surface area contributed by atoms with E-state index in [0.29, 0.717) is 5.69 Å². The highest BCUT2D eigenvalue weighted by atomic mass is 32.2. The van der Waals surface area contributed by atoms with Gasteiger partial charge in [0.2, 0.25) is 15.9 Å². The lowest BCUT2D eigenvalue weighted by Crippen LogP contribution is -2.30. The number of carbonyl (C=O) groups is 2. The van der Waals surface area contributed by atoms with Crippen LogP contribution in [0.5, 0.6) is 11.6 Å². The fourth-order valence-corrected chi connectivity index (χ4v) is 5.42. The Morgan fingerprint density at radius 1 is 1.00 bits per heavy atom. The summed E-state index contributed by atoms with van der Waals surface area (Å²) in [5.41, 5.74) is 2.01. The van der Waals surface area contributed by atoms with Crippen molar-refractivity contribution in [2.45, 2.75) is 45.6 Å². The third-order valence-corrected chi connectivity index (χ3v) is 7.74. The van der Waals surface area contributed by atoms with Crippen LogP contribution in [0, 0.1) is 26.6 Å². The molecule has 0 aliphatic rings. The Labute approximate surface area is 236 Å². The average Bonchev–Trinajstić information content (AvgIpc) is 3.22. The molecule has 0 radical (unpaired) electrons. The van der Waals surface area contributed by atoms with Crippen LogP contribution in [0.1, 0.15) is 51.4 Å². The number of hydrogen-bond acceptors (Lipinski definition) is 6. The van der Waals surface area contributed by atoms with Crippen molar-refractivity contribution < 1.29 is 32.2 Å². The van der Waals surface area contributed by atoms with Gasteiger partial charge in [0.1, 0.15) is 16.5 Å². The highest BCUT2D eigenvalue weighted by Crippen LogP contribution is 2.35. The highest BCUT2D eigenvalue weighted by Gasteiger charge is 2.27. The molecule has 12 heteroatoms. The monoisotopic (exact) mass is 580 g/mol. The first-order chi connectivity index (χ1) is 19.3. The molecule has 41 heavy (non-hydrogen) atoms. The maximum absolute atomic E-state index is 13.7. The molecule has 0 saturated heterocycles. The summed E-state index contributed by atoms with van der Waals surface area (Å²) in [7, 11) is -4.17. The lowest BCUT2D eigenvalue weighted by molar-refractivity contribution is 0.0689. The van der Waals surface area contributed by atoms with Crippen molar-refractivity contribution in [2.75, 3.05) is 5.32 Å². The number of nitrogens with one attached hydrogen (secondary N) is 2. The number of aryl methyl sites for hydroxylation is 2. The van der Waals surface area contributed by atoms with Gasteiger partial charge in [-0.2, -0.15) is 9.78 Å². The molecule has 1 amide bonds. The molecular weight excluding hydrogens is 551 g/mol. The highest BCUT2D eigenvalue weighted by molar-refractivity contribution is 7.89. The van der Waals surface area contributed by atoms with Crippen LogP contribution in [0.3, 0.4) is 0 Å². The fraction of sp³-hybridized carbons (Fsp3) is 0.207. The molecule has 0 spiro atoms. The SMILES string of the molecule is Cc1ccc(-n2nc(C(=O)O)c(C)c2Oc2ccc(NC(=O)c3ccc(F)c(C)c3)cc2S(=O)(=O)NC(C)C)cc1. The van der Waals surface area contributed by atoms with Crippen molar-refractivity contribution >= 4 is 27.6 Å². The number of sulfonamides is 1. The number of anilines is 1. The van der Waals surface area contributed by atoms with Gasteiger partial charge in [-0.25, -0.2) is 22.3 Å². The second-order valence-corrected chi connectivity index (χ2v) is 11.5. The quantitative estimate of drug-likeness (QED) is 0.242. The smallest absolute Gasteiger partial charge is 0.356 e. The molecular formula is C29H29FN4O6S. The number of benzene rings is 3. The first-order valence-electron chi connectivity index (χ1n) is 12.6. The molecule has 0 aliphatic carbocycles. The van der Waals surface area contributed by atoms with Gasteiger partial charge >= 0.3 is 5.97 Å². The van der Waals surface area contributed by atoms with E-state index < -0.39 is 33.8 Å². The Hall–Kier alpha value is -4.55. The second kappa shape index (κ2) is 11.5. The van der Waals surface area contributed by atoms with E-state index in [-0.39, 0.29) is 44.6 Å². The van der Waals surface area contributed by atoms with Crippen LogP contribution in [0.15, 0.2) is 65.6 Å². The summed E-state index contributed by atoms with van der Waals surface area (Å²) in [6.45, 7) is 8.23. The van der Waals surface area contributed by atoms with Crippen LogP contribution < -0.4 is 14.8 Å². The van der Waals surface area contributed by atoms with Crippen LogP contribution in [0.4, 0.5) is 10.1 Å². The molecule has 1 heterocycles. The average molecular weight is 581 g/mol. The minimum Gasteiger partial charge on any atom is -0.476 e. The standard InChI is InChI=1S/C29H29FN4O6S/c1-16(2)33-41(38,39)25-15-21(31-27(35)20-8-12-23(30)18(4)14-20)9-13-24(25)40-28-19(5)26(29(36)37)32-34(28)22-10-6-17(3)7-11-22/h6-16,33H,1-5H3,(H,31,35)(H,36,37). The zero-order valence-electron chi connectivity index (χ0n) is 23.0. The van der Waals surface area contributed by atoms with E-state index in [0.717, 1.165) is 5.56 Å². The van der Waals surface area contributed by atoms with Gasteiger partial charge < -0.3 is 15.2 Å². The van der Waals surface area contributed by atoms with Crippen molar-refractivity contribution in [1.82, 2.24) is 14.5 Å². The first-order valence-corrected chi connectivity index (χ1v) is 14.1. The van der Waals surface area contributed by atoms with Crippen molar-refractivity contribution in [3.05, 3.63) is 94.4 Å². The molecule has 3 N–H and O–H groups in total. The number of hydrogen-bond donors (Lipinski definition) is 3. The van der Waals surface area contributed by atoms with Gasteiger partial charge in [0.25, 0.3) is 5.91 Å². The van der Waals surface area contributed by atoms with E-state index in [1.54, 1.807) is 26.0 Å². The predicted molar refractivity (Wildman–Crippen MR) is 151 cm³/mol. The number of aromatic carboxylic acids is 1. The number of amides is 1. The third-order valence-electron chi connectivity index (χ3n) is 6.06. The van der Waals surface area contributed by atoms with Gasteiger partial charge in [-0.3, -0.25) is 4.79 Å². The molecule has 3 aromatic carbocycles. The molecule has 0 atom stereocenters. The van der Waals surface area contributed by atoms with Gasteiger partial charge in [0.15, 0.2) is 5.69 Å². The Morgan fingerprint density at radius 3 is 2.29 bits per heavy atom. The number of aromatic nitrogens is 2. The van der Waals surface area contributed by atoms with Gasteiger partial charge in [-0.05, 0) is 88.7 Å². The second-order valence-electron chi connectivity index (χ2n) is 9.79. The fourth-order valence-electron chi connectivity index (χ4n) is 4.01. The largest absolute Gasteiger partial charge is 0.476 e. The van der Waals surface area contributed by atoms with E-state index >= 15 is 0 Å². The summed E-state index contributed by atoms with van der Waals surface area (Å²) < 4.78 is 50.3. The Bertz CT molecular complexity index is 1750. The van der Waals surface area contributed by atoms with Crippen LogP contribution in [-0.4, -0.2) is 41.2 Å². The van der Waals surface area contributed by atoms with Gasteiger partial charge in [-0.1, -0.05) is 17.7 Å². The Morgan fingerprint density at radius 2 is 1.68 bits per heavy atom. The summed E-state index contributed by atoms with van der Waals surface area (Å²) in [6, 6.07) is 14.5. The van der Waals surface area contributed by atoms with E-state index in [2.05, 4.69) is 15.1 Å². The topological polar surface area (TPSA) is 140 Å². The number of nitrogens with zero attached hydrogens (tertiary/aromatic N) is 2. The zero-order valence-corrected chi connectivity index (χ0v) is 23.8. The molecule has 0 aliphatic heterocycles. The van der Waals surface area contributed by atoms with Crippen molar-refractivity contribution in [2.24, 2.45) is 0 Å². The van der Waals surface area contributed by atoms with E-state index in [1.165, 1.54) is 54.9 Å². The zero-order chi connectivity index (χ0) is 30.1. The summed E-state index contributed by atoms with van der Waals surface area (Å²) in [5, 5.41) is 16.5. The summed E-state index contributed by atoms with van der Waals surface area (Å²) >= 11 is 0. The van der Waals surface area contributed by atoms with E-state index in [1.807, 2.05) is 19.1 Å². The van der Waals surface area contributed by atoms with Crippen LogP contribution in [-0.2, 0) is 10.0 Å². The molecule has 0 saturated carbocycles. The van der Waals surface area contributed by atoms with E-state index in [4.69, 9.17) is 4.74 Å². The predicted octanol–water partition coefficient (Wildman–Crippen LogP) is 5.37. The molecule has 0 unspecified atom stereocenters. The van der Waals surface area contributed by atoms with Crippen LogP contribution >= 0.6 is 0 Å². The lowest BCUT2D eigenvalue weighted by atomic mass is 10.1. The summed E-state index contributed by atoms with van der Waals surface area (Å²) in [6.07, 6.45) is 0. The maximum Gasteiger partial charge on any atom is 0.356 e.